The number of ether oxygens (including phenoxy) is 1. The molecule has 196 valence electrons. The summed E-state index contributed by atoms with van der Waals surface area (Å²) in [6.45, 7) is 3.07. The van der Waals surface area contributed by atoms with Crippen LogP contribution in [0, 0.1) is 0 Å². The van der Waals surface area contributed by atoms with Crippen LogP contribution in [0.1, 0.15) is 41.9 Å². The third-order valence-corrected chi connectivity index (χ3v) is 6.95. The average Bonchev–Trinajstić information content (AvgIpc) is 3.37. The van der Waals surface area contributed by atoms with Crippen molar-refractivity contribution < 1.29 is 14.3 Å². The van der Waals surface area contributed by atoms with Gasteiger partial charge in [-0.1, -0.05) is 18.2 Å². The Morgan fingerprint density at radius 1 is 1.11 bits per heavy atom. The van der Waals surface area contributed by atoms with Crippen LogP contribution in [0.4, 0.5) is 11.6 Å². The van der Waals surface area contributed by atoms with E-state index in [1.165, 1.54) is 0 Å². The number of methoxy groups -OCH3 is 1. The molecule has 2 atom stereocenters. The predicted molar refractivity (Wildman–Crippen MR) is 145 cm³/mol. The van der Waals surface area contributed by atoms with Gasteiger partial charge in [0.05, 0.1) is 0 Å². The van der Waals surface area contributed by atoms with Crippen LogP contribution in [-0.2, 0) is 9.53 Å². The van der Waals surface area contributed by atoms with E-state index in [4.69, 9.17) is 9.72 Å². The molecular weight excluding hydrogens is 482 g/mol. The van der Waals surface area contributed by atoms with Crippen LogP contribution in [0.5, 0.6) is 0 Å². The molecule has 1 aromatic carbocycles. The highest BCUT2D eigenvalue weighted by Crippen LogP contribution is 2.34. The van der Waals surface area contributed by atoms with Crippen molar-refractivity contribution in [2.75, 3.05) is 37.9 Å². The highest BCUT2D eigenvalue weighted by atomic mass is 16.5. The summed E-state index contributed by atoms with van der Waals surface area (Å²) in [6, 6.07) is 12.7. The lowest BCUT2D eigenvalue weighted by atomic mass is 9.96. The molecule has 1 fully saturated rings. The summed E-state index contributed by atoms with van der Waals surface area (Å²) in [6.07, 6.45) is 6.63. The molecule has 4 heterocycles. The normalized spacial score (nSPS) is 16.3. The van der Waals surface area contributed by atoms with Gasteiger partial charge in [0.15, 0.2) is 5.82 Å². The number of anilines is 2. The Morgan fingerprint density at radius 3 is 2.63 bits per heavy atom. The molecule has 10 nitrogen and oxygen atoms in total. The topological polar surface area (TPSA) is 114 Å². The Hall–Kier alpha value is -4.31. The maximum atomic E-state index is 12.8. The molecule has 3 aromatic heterocycles. The van der Waals surface area contributed by atoms with Crippen molar-refractivity contribution in [3.63, 3.8) is 0 Å². The van der Waals surface area contributed by atoms with Crippen LogP contribution < -0.4 is 10.6 Å². The molecule has 2 unspecified atom stereocenters. The van der Waals surface area contributed by atoms with Crippen molar-refractivity contribution in [2.24, 2.45) is 0 Å². The largest absolute Gasteiger partial charge is 0.372 e. The Labute approximate surface area is 221 Å². The number of pyridine rings is 1. The Morgan fingerprint density at radius 2 is 1.92 bits per heavy atom. The first-order valence-corrected chi connectivity index (χ1v) is 12.7. The van der Waals surface area contributed by atoms with E-state index in [1.54, 1.807) is 50.7 Å². The Balaban J connectivity index is 1.47. The minimum absolute atomic E-state index is 0.00423. The monoisotopic (exact) mass is 513 g/mol. The molecule has 0 aliphatic carbocycles. The lowest BCUT2D eigenvalue weighted by molar-refractivity contribution is -0.142. The van der Waals surface area contributed by atoms with E-state index in [-0.39, 0.29) is 17.7 Å². The van der Waals surface area contributed by atoms with Crippen molar-refractivity contribution in [1.29, 1.82) is 0 Å². The number of hydrogen-bond donors (Lipinski definition) is 2. The molecular formula is C28H31N7O3. The minimum atomic E-state index is -0.477. The molecule has 0 saturated carbocycles. The van der Waals surface area contributed by atoms with E-state index in [0.29, 0.717) is 30.3 Å². The standard InChI is InChI=1S/C28H31N7O3/c1-18(38-3)28(37)34-15-6-7-21(17-34)26-33-23(24-25(29-2)31-14-16-35(24)26)19-9-11-20(12-10-19)27(36)32-22-8-4-5-13-30-22/h4-5,8-14,16,18,21H,6-7,15,17H2,1-3H3,(H,29,31)(H,30,32,36). The molecule has 38 heavy (non-hydrogen) atoms. The van der Waals surface area contributed by atoms with E-state index in [9.17, 15) is 9.59 Å². The second-order valence-corrected chi connectivity index (χ2v) is 9.31. The minimum Gasteiger partial charge on any atom is -0.372 e. The number of nitrogens with one attached hydrogen (secondary N) is 2. The van der Waals surface area contributed by atoms with Gasteiger partial charge in [-0.2, -0.15) is 0 Å². The van der Waals surface area contributed by atoms with Gasteiger partial charge in [-0.15, -0.1) is 0 Å². The lowest BCUT2D eigenvalue weighted by Gasteiger charge is -2.33. The number of nitrogens with zero attached hydrogens (tertiary/aromatic N) is 5. The number of rotatable bonds is 7. The second-order valence-electron chi connectivity index (χ2n) is 9.31. The van der Waals surface area contributed by atoms with Crippen molar-refractivity contribution in [2.45, 2.75) is 31.8 Å². The molecule has 4 aromatic rings. The zero-order chi connectivity index (χ0) is 26.6. The predicted octanol–water partition coefficient (Wildman–Crippen LogP) is 3.83. The molecule has 1 saturated heterocycles. The van der Waals surface area contributed by atoms with Gasteiger partial charge in [0, 0.05) is 62.9 Å². The van der Waals surface area contributed by atoms with Gasteiger partial charge in [-0.3, -0.25) is 14.0 Å². The van der Waals surface area contributed by atoms with Gasteiger partial charge in [-0.05, 0) is 44.0 Å². The summed E-state index contributed by atoms with van der Waals surface area (Å²) in [5.74, 6) is 1.91. The van der Waals surface area contributed by atoms with Crippen molar-refractivity contribution in [1.82, 2.24) is 24.3 Å². The number of carbonyl (C=O) groups excluding carboxylic acids is 2. The van der Waals surface area contributed by atoms with Gasteiger partial charge in [0.2, 0.25) is 0 Å². The molecule has 0 bridgehead atoms. The number of benzene rings is 1. The number of imidazole rings is 1. The molecule has 1 aliphatic rings. The summed E-state index contributed by atoms with van der Waals surface area (Å²) in [4.78, 5) is 41.2. The smallest absolute Gasteiger partial charge is 0.256 e. The van der Waals surface area contributed by atoms with Crippen molar-refractivity contribution >= 4 is 29.0 Å². The molecule has 1 aliphatic heterocycles. The SMILES string of the molecule is CNc1nccn2c(C3CCCN(C(=O)C(C)OC)C3)nc(-c3ccc(C(=O)Nc4ccccn4)cc3)c12. The molecule has 5 rings (SSSR count). The van der Waals surface area contributed by atoms with Crippen LogP contribution in [0.2, 0.25) is 0 Å². The van der Waals surface area contributed by atoms with Crippen molar-refractivity contribution in [3.8, 4) is 11.3 Å². The van der Waals surface area contributed by atoms with Gasteiger partial charge < -0.3 is 20.3 Å². The van der Waals surface area contributed by atoms with E-state index in [2.05, 4.69) is 25.0 Å². The molecule has 2 amide bonds. The first-order chi connectivity index (χ1) is 18.5. The number of aromatic nitrogens is 4. The molecule has 2 N–H and O–H groups in total. The molecule has 0 spiro atoms. The number of piperidine rings is 1. The summed E-state index contributed by atoms with van der Waals surface area (Å²) in [5, 5.41) is 5.99. The van der Waals surface area contributed by atoms with E-state index in [0.717, 1.165) is 35.4 Å². The third kappa shape index (κ3) is 4.95. The fourth-order valence-electron chi connectivity index (χ4n) is 4.89. The van der Waals surface area contributed by atoms with Gasteiger partial charge >= 0.3 is 0 Å². The Kier molecular flexibility index (Phi) is 7.32. The maximum Gasteiger partial charge on any atom is 0.256 e. The van der Waals surface area contributed by atoms with E-state index < -0.39 is 6.10 Å². The maximum absolute atomic E-state index is 12.8. The van der Waals surface area contributed by atoms with Gasteiger partial charge in [0.25, 0.3) is 11.8 Å². The highest BCUT2D eigenvalue weighted by molar-refractivity contribution is 6.04. The average molecular weight is 514 g/mol. The van der Waals surface area contributed by atoms with Gasteiger partial charge in [0.1, 0.15) is 29.0 Å². The zero-order valence-corrected chi connectivity index (χ0v) is 21.7. The van der Waals surface area contributed by atoms with Crippen LogP contribution >= 0.6 is 0 Å². The zero-order valence-electron chi connectivity index (χ0n) is 21.7. The quantitative estimate of drug-likeness (QED) is 0.386. The third-order valence-electron chi connectivity index (χ3n) is 6.95. The number of carbonyl (C=O) groups is 2. The number of likely N-dealkylation sites (tertiary alicyclic amines) is 1. The van der Waals surface area contributed by atoms with E-state index in [1.807, 2.05) is 36.3 Å². The van der Waals surface area contributed by atoms with Gasteiger partial charge in [-0.25, -0.2) is 15.0 Å². The lowest BCUT2D eigenvalue weighted by Crippen LogP contribution is -2.44. The van der Waals surface area contributed by atoms with Crippen LogP contribution in [-0.4, -0.2) is 69.4 Å². The summed E-state index contributed by atoms with van der Waals surface area (Å²) >= 11 is 0. The first kappa shape index (κ1) is 25.3. The van der Waals surface area contributed by atoms with Crippen molar-refractivity contribution in [3.05, 3.63) is 72.4 Å². The fraction of sp³-hybridized carbons (Fsp3) is 0.321. The van der Waals surface area contributed by atoms with Crippen LogP contribution in [0.25, 0.3) is 16.8 Å². The molecule has 10 heteroatoms. The molecule has 0 radical (unpaired) electrons. The highest BCUT2D eigenvalue weighted by Gasteiger charge is 2.31. The van der Waals surface area contributed by atoms with Crippen LogP contribution in [0.15, 0.2) is 61.1 Å². The Bertz CT molecular complexity index is 1440. The first-order valence-electron chi connectivity index (χ1n) is 12.7. The number of fused-ring (bicyclic) bond motifs is 1. The van der Waals surface area contributed by atoms with E-state index >= 15 is 0 Å². The summed E-state index contributed by atoms with van der Waals surface area (Å²) in [7, 11) is 3.38. The summed E-state index contributed by atoms with van der Waals surface area (Å²) < 4.78 is 7.33. The van der Waals surface area contributed by atoms with Crippen LogP contribution in [0.3, 0.4) is 0 Å². The second kappa shape index (κ2) is 11.0. The number of hydrogen-bond acceptors (Lipinski definition) is 7. The number of amides is 2. The summed E-state index contributed by atoms with van der Waals surface area (Å²) in [5.41, 5.74) is 3.00. The fourth-order valence-corrected chi connectivity index (χ4v) is 4.89.